The molecule has 0 radical (unpaired) electrons. The number of nitrogens with zero attached hydrogens (tertiary/aromatic N) is 4. The van der Waals surface area contributed by atoms with E-state index in [0.717, 1.165) is 12.8 Å². The summed E-state index contributed by atoms with van der Waals surface area (Å²) >= 11 is 19.3. The Morgan fingerprint density at radius 1 is 1.38 bits per heavy atom. The lowest BCUT2D eigenvalue weighted by molar-refractivity contribution is 0.108. The summed E-state index contributed by atoms with van der Waals surface area (Å²) in [6, 6.07) is 3.52. The maximum Gasteiger partial charge on any atom is 0.253 e. The zero-order valence-corrected chi connectivity index (χ0v) is 13.7. The van der Waals surface area contributed by atoms with Crippen LogP contribution in [0.4, 0.5) is 0 Å². The fourth-order valence-electron chi connectivity index (χ4n) is 1.85. The van der Waals surface area contributed by atoms with Crippen LogP contribution in [0.3, 0.4) is 0 Å². The Morgan fingerprint density at radius 2 is 2.14 bits per heavy atom. The monoisotopic (exact) mass is 362 g/mol. The smallest absolute Gasteiger partial charge is 0.253 e. The van der Waals surface area contributed by atoms with Crippen molar-refractivity contribution in [2.75, 3.05) is 0 Å². The van der Waals surface area contributed by atoms with E-state index in [1.807, 2.05) is 4.68 Å². The van der Waals surface area contributed by atoms with Crippen LogP contribution in [0.25, 0.3) is 0 Å². The van der Waals surface area contributed by atoms with Gasteiger partial charge < -0.3 is 0 Å². The van der Waals surface area contributed by atoms with E-state index in [1.54, 1.807) is 6.07 Å². The van der Waals surface area contributed by atoms with Gasteiger partial charge in [-0.3, -0.25) is 4.79 Å². The molecule has 1 aliphatic rings. The van der Waals surface area contributed by atoms with Gasteiger partial charge in [-0.2, -0.15) is 0 Å². The second-order valence-electron chi connectivity index (χ2n) is 4.59. The van der Waals surface area contributed by atoms with Gasteiger partial charge in [-0.25, -0.2) is 4.68 Å². The van der Waals surface area contributed by atoms with Crippen molar-refractivity contribution in [3.8, 4) is 0 Å². The normalized spacial score (nSPS) is 14.4. The Kier molecular flexibility index (Phi) is 4.40. The zero-order valence-electron chi connectivity index (χ0n) is 10.6. The van der Waals surface area contributed by atoms with Gasteiger partial charge in [-0.1, -0.05) is 35.0 Å². The summed E-state index contributed by atoms with van der Waals surface area (Å²) in [7, 11) is 0. The first-order chi connectivity index (χ1) is 10.1. The summed E-state index contributed by atoms with van der Waals surface area (Å²) < 4.78 is 1.81. The number of thioether (sulfide) groups is 1. The zero-order chi connectivity index (χ0) is 15.0. The molecule has 2 aromatic rings. The van der Waals surface area contributed by atoms with Crippen molar-refractivity contribution in [1.29, 1.82) is 0 Å². The number of rotatable bonds is 5. The number of hydrogen-bond donors (Lipinski definition) is 0. The Morgan fingerprint density at radius 3 is 2.81 bits per heavy atom. The van der Waals surface area contributed by atoms with Crippen LogP contribution in [0.15, 0.2) is 17.3 Å². The fraction of sp³-hybridized carbons (Fsp3) is 0.333. The van der Waals surface area contributed by atoms with E-state index in [9.17, 15) is 4.79 Å². The van der Waals surface area contributed by atoms with Crippen molar-refractivity contribution in [3.63, 3.8) is 0 Å². The number of benzene rings is 1. The van der Waals surface area contributed by atoms with Gasteiger partial charge in [0.05, 0.1) is 16.6 Å². The van der Waals surface area contributed by atoms with Gasteiger partial charge in [0.1, 0.15) is 0 Å². The first kappa shape index (κ1) is 15.1. The van der Waals surface area contributed by atoms with Crippen LogP contribution in [-0.2, 0) is 5.75 Å². The van der Waals surface area contributed by atoms with Gasteiger partial charge in [0.25, 0.3) is 5.24 Å². The minimum atomic E-state index is -0.606. The van der Waals surface area contributed by atoms with Crippen molar-refractivity contribution < 1.29 is 4.79 Å². The molecule has 1 saturated carbocycles. The molecule has 1 fully saturated rings. The minimum absolute atomic E-state index is 0.250. The molecule has 0 aliphatic heterocycles. The van der Waals surface area contributed by atoms with Gasteiger partial charge in [0, 0.05) is 16.3 Å². The Bertz CT molecular complexity index is 702. The minimum Gasteiger partial charge on any atom is -0.276 e. The standard InChI is InChI=1S/C12H9Cl3N4OS/c13-9-4-3-7(11(15)20)10(14)8(9)5-21-12-16-17-18-19(12)6-1-2-6/h3-4,6H,1-2,5H2. The maximum absolute atomic E-state index is 11.3. The molecule has 1 aromatic carbocycles. The average molecular weight is 364 g/mol. The van der Waals surface area contributed by atoms with Gasteiger partial charge >= 0.3 is 0 Å². The number of carbonyl (C=O) groups excluding carboxylic acids is 1. The molecular formula is C12H9Cl3N4OS. The van der Waals surface area contributed by atoms with Gasteiger partial charge in [-0.05, 0) is 47.0 Å². The summed E-state index contributed by atoms with van der Waals surface area (Å²) in [5.74, 6) is 0.461. The topological polar surface area (TPSA) is 60.7 Å². The number of aromatic nitrogens is 4. The third-order valence-corrected chi connectivity index (χ3v) is 5.05. The van der Waals surface area contributed by atoms with Crippen LogP contribution in [0, 0.1) is 0 Å². The maximum atomic E-state index is 11.3. The predicted octanol–water partition coefficient (Wildman–Crippen LogP) is 3.99. The van der Waals surface area contributed by atoms with E-state index in [1.165, 1.54) is 17.8 Å². The fourth-order valence-corrected chi connectivity index (χ4v) is 3.79. The third-order valence-electron chi connectivity index (χ3n) is 3.10. The molecule has 0 atom stereocenters. The molecule has 1 aromatic heterocycles. The highest BCUT2D eigenvalue weighted by Gasteiger charge is 2.28. The molecule has 0 spiro atoms. The van der Waals surface area contributed by atoms with E-state index in [-0.39, 0.29) is 10.6 Å². The molecule has 1 aliphatic carbocycles. The third kappa shape index (κ3) is 3.18. The van der Waals surface area contributed by atoms with Crippen LogP contribution in [-0.4, -0.2) is 25.4 Å². The van der Waals surface area contributed by atoms with Crippen LogP contribution < -0.4 is 0 Å². The molecule has 0 saturated heterocycles. The van der Waals surface area contributed by atoms with Gasteiger partial charge in [0.2, 0.25) is 5.16 Å². The highest BCUT2D eigenvalue weighted by molar-refractivity contribution is 7.98. The van der Waals surface area contributed by atoms with Crippen molar-refractivity contribution in [3.05, 3.63) is 33.3 Å². The molecule has 3 rings (SSSR count). The lowest BCUT2D eigenvalue weighted by atomic mass is 10.1. The van der Waals surface area contributed by atoms with Crippen LogP contribution >= 0.6 is 46.6 Å². The van der Waals surface area contributed by atoms with Gasteiger partial charge in [-0.15, -0.1) is 5.10 Å². The summed E-state index contributed by atoms with van der Waals surface area (Å²) in [6.45, 7) is 0. The molecule has 0 bridgehead atoms. The SMILES string of the molecule is O=C(Cl)c1ccc(Cl)c(CSc2nnnn2C2CC2)c1Cl. The highest BCUT2D eigenvalue weighted by atomic mass is 35.5. The Hall–Kier alpha value is -0.820. The van der Waals surface area contributed by atoms with Crippen LogP contribution in [0.2, 0.25) is 10.0 Å². The molecular weight excluding hydrogens is 355 g/mol. The van der Waals surface area contributed by atoms with E-state index in [2.05, 4.69) is 15.5 Å². The number of halogens is 3. The molecule has 21 heavy (non-hydrogen) atoms. The molecule has 9 heteroatoms. The molecule has 0 N–H and O–H groups in total. The lowest BCUT2D eigenvalue weighted by Gasteiger charge is -2.09. The number of hydrogen-bond acceptors (Lipinski definition) is 5. The first-order valence-electron chi connectivity index (χ1n) is 6.15. The lowest BCUT2D eigenvalue weighted by Crippen LogP contribution is -2.00. The van der Waals surface area contributed by atoms with Crippen LogP contribution in [0.5, 0.6) is 0 Å². The van der Waals surface area contributed by atoms with Crippen molar-refractivity contribution in [2.24, 2.45) is 0 Å². The molecule has 0 amide bonds. The highest BCUT2D eigenvalue weighted by Crippen LogP contribution is 2.38. The summed E-state index contributed by atoms with van der Waals surface area (Å²) in [5, 5.41) is 12.5. The van der Waals surface area contributed by atoms with E-state index < -0.39 is 5.24 Å². The molecule has 1 heterocycles. The average Bonchev–Trinajstić information content (AvgIpc) is 3.17. The molecule has 0 unspecified atom stereocenters. The van der Waals surface area contributed by atoms with E-state index in [4.69, 9.17) is 34.8 Å². The summed E-state index contributed by atoms with van der Waals surface area (Å²) in [4.78, 5) is 11.3. The van der Waals surface area contributed by atoms with E-state index >= 15 is 0 Å². The second kappa shape index (κ2) is 6.12. The summed E-state index contributed by atoms with van der Waals surface area (Å²) in [5.41, 5.74) is 0.903. The van der Waals surface area contributed by atoms with Crippen molar-refractivity contribution >= 4 is 51.8 Å². The van der Waals surface area contributed by atoms with Gasteiger partial charge in [0.15, 0.2) is 0 Å². The van der Waals surface area contributed by atoms with Crippen molar-refractivity contribution in [1.82, 2.24) is 20.2 Å². The molecule has 110 valence electrons. The molecule has 5 nitrogen and oxygen atoms in total. The Labute approximate surface area is 139 Å². The first-order valence-corrected chi connectivity index (χ1v) is 8.27. The second-order valence-corrected chi connectivity index (χ2v) is 6.66. The quantitative estimate of drug-likeness (QED) is 0.594. The number of carbonyl (C=O) groups is 1. The summed E-state index contributed by atoms with van der Waals surface area (Å²) in [6.07, 6.45) is 2.19. The largest absolute Gasteiger partial charge is 0.276 e. The van der Waals surface area contributed by atoms with Crippen LogP contribution in [0.1, 0.15) is 34.8 Å². The predicted molar refractivity (Wildman–Crippen MR) is 82.3 cm³/mol. The number of tetrazole rings is 1. The van der Waals surface area contributed by atoms with E-state index in [0.29, 0.717) is 27.5 Å². The van der Waals surface area contributed by atoms with Crippen molar-refractivity contribution in [2.45, 2.75) is 29.8 Å². The Balaban J connectivity index is 1.83.